The highest BCUT2D eigenvalue weighted by atomic mass is 127. The van der Waals surface area contributed by atoms with E-state index in [1.54, 1.807) is 42.7 Å². The molecule has 238 valence electrons. The third-order valence-corrected chi connectivity index (χ3v) is 12.0. The number of carbonyl (C=O) groups is 2. The highest BCUT2D eigenvalue weighted by Crippen LogP contribution is 2.68. The monoisotopic (exact) mass is 727 g/mol. The van der Waals surface area contributed by atoms with Crippen LogP contribution in [0.5, 0.6) is 5.75 Å². The molecular formula is C35H38INO8. The molecule has 2 aliphatic carbocycles. The fourth-order valence-corrected chi connectivity index (χ4v) is 9.12. The van der Waals surface area contributed by atoms with E-state index in [9.17, 15) is 19.5 Å². The number of aromatic nitrogens is 1. The summed E-state index contributed by atoms with van der Waals surface area (Å²) in [6.07, 6.45) is 3.11. The van der Waals surface area contributed by atoms with Gasteiger partial charge in [-0.3, -0.25) is 9.78 Å². The minimum Gasteiger partial charge on any atom is -0.482 e. The van der Waals surface area contributed by atoms with E-state index in [4.69, 9.17) is 18.6 Å². The van der Waals surface area contributed by atoms with Crippen molar-refractivity contribution in [3.05, 3.63) is 80.0 Å². The van der Waals surface area contributed by atoms with Gasteiger partial charge in [0.05, 0.1) is 18.3 Å². The van der Waals surface area contributed by atoms with Gasteiger partial charge in [0.1, 0.15) is 28.8 Å². The number of benzene rings is 1. The molecule has 0 saturated heterocycles. The van der Waals surface area contributed by atoms with Crippen molar-refractivity contribution in [2.75, 3.05) is 6.61 Å². The maximum Gasteiger partial charge on any atom is 0.345 e. The van der Waals surface area contributed by atoms with Crippen LogP contribution in [0.1, 0.15) is 75.9 Å². The molecule has 8 atom stereocenters. The van der Waals surface area contributed by atoms with Gasteiger partial charge in [-0.15, -0.1) is 0 Å². The second-order valence-electron chi connectivity index (χ2n) is 13.5. The summed E-state index contributed by atoms with van der Waals surface area (Å²) in [5.41, 5.74) is -1.91. The molecule has 6 rings (SSSR count). The summed E-state index contributed by atoms with van der Waals surface area (Å²) < 4.78 is 25.3. The molecule has 2 fully saturated rings. The predicted octanol–water partition coefficient (Wildman–Crippen LogP) is 6.36. The van der Waals surface area contributed by atoms with Crippen LogP contribution < -0.4 is 10.4 Å². The largest absolute Gasteiger partial charge is 0.482 e. The molecule has 2 aromatic heterocycles. The standard InChI is InChI=1S/C35H38INO8/c1-19-12-13-33(3)26(34(19,4)18-42-20(2)38)16-27(44-31(40)22-10-6-7-11-23(22)36)35(5)30(33)29(39)28-25(45-35)15-24(43-32(28)41)21-9-8-14-37-17-21/h6-11,14-15,17,19,26-27,29-30,39H,12-13,16,18H2,1-5H3/t19-,26?,27-,29-,30?,33-,34+,35+/m0/s1. The average molecular weight is 728 g/mol. The number of halogens is 1. The number of ether oxygens (including phenoxy) is 3. The molecule has 0 spiro atoms. The maximum atomic E-state index is 13.8. The number of hydrogen-bond donors (Lipinski definition) is 1. The molecule has 9 nitrogen and oxygen atoms in total. The van der Waals surface area contributed by atoms with Crippen LogP contribution in [0, 0.1) is 32.2 Å². The van der Waals surface area contributed by atoms with Gasteiger partial charge in [0.15, 0.2) is 0 Å². The third kappa shape index (κ3) is 5.17. The lowest BCUT2D eigenvalue weighted by atomic mass is 9.41. The van der Waals surface area contributed by atoms with E-state index in [-0.39, 0.29) is 41.5 Å². The Labute approximate surface area is 275 Å². The Kier molecular flexibility index (Phi) is 8.12. The van der Waals surface area contributed by atoms with Gasteiger partial charge in [-0.05, 0) is 90.3 Å². The van der Waals surface area contributed by atoms with Crippen LogP contribution in [0.4, 0.5) is 0 Å². The third-order valence-electron chi connectivity index (χ3n) is 11.0. The summed E-state index contributed by atoms with van der Waals surface area (Å²) in [5.74, 6) is -1.04. The van der Waals surface area contributed by atoms with Crippen LogP contribution in [0.3, 0.4) is 0 Å². The fourth-order valence-electron chi connectivity index (χ4n) is 8.52. The van der Waals surface area contributed by atoms with Crippen LogP contribution in [-0.4, -0.2) is 40.3 Å². The molecule has 45 heavy (non-hydrogen) atoms. The molecular weight excluding hydrogens is 689 g/mol. The predicted molar refractivity (Wildman–Crippen MR) is 173 cm³/mol. The zero-order valence-electron chi connectivity index (χ0n) is 26.0. The van der Waals surface area contributed by atoms with E-state index >= 15 is 0 Å². The Morgan fingerprint density at radius 3 is 2.60 bits per heavy atom. The zero-order valence-corrected chi connectivity index (χ0v) is 28.2. The molecule has 3 aromatic rings. The number of pyridine rings is 1. The Bertz CT molecular complexity index is 1690. The van der Waals surface area contributed by atoms with Crippen molar-refractivity contribution in [2.45, 2.75) is 71.7 Å². The normalized spacial score (nSPS) is 33.5. The summed E-state index contributed by atoms with van der Waals surface area (Å²) in [7, 11) is 0. The van der Waals surface area contributed by atoms with Gasteiger partial charge in [0.25, 0.3) is 0 Å². The van der Waals surface area contributed by atoms with E-state index in [0.717, 1.165) is 16.4 Å². The zero-order chi connectivity index (χ0) is 32.3. The van der Waals surface area contributed by atoms with Gasteiger partial charge in [-0.2, -0.15) is 0 Å². The van der Waals surface area contributed by atoms with Crippen LogP contribution >= 0.6 is 22.6 Å². The van der Waals surface area contributed by atoms with Gasteiger partial charge in [0.2, 0.25) is 0 Å². The lowest BCUT2D eigenvalue weighted by Crippen LogP contribution is -2.70. The molecule has 1 aromatic carbocycles. The average Bonchev–Trinajstić information content (AvgIpc) is 2.99. The molecule has 1 aliphatic heterocycles. The molecule has 0 radical (unpaired) electrons. The Balaban J connectivity index is 1.50. The second-order valence-corrected chi connectivity index (χ2v) is 14.7. The molecule has 0 bridgehead atoms. The van der Waals surface area contributed by atoms with Crippen molar-refractivity contribution in [2.24, 2.45) is 28.6 Å². The summed E-state index contributed by atoms with van der Waals surface area (Å²) in [6.45, 7) is 9.85. The lowest BCUT2D eigenvalue weighted by Gasteiger charge is -2.66. The smallest absolute Gasteiger partial charge is 0.345 e. The van der Waals surface area contributed by atoms with Gasteiger partial charge in [0, 0.05) is 45.9 Å². The minimum atomic E-state index is -1.27. The van der Waals surface area contributed by atoms with Crippen LogP contribution in [0.25, 0.3) is 11.3 Å². The summed E-state index contributed by atoms with van der Waals surface area (Å²) in [5, 5.41) is 12.3. The first-order valence-electron chi connectivity index (χ1n) is 15.3. The Hall–Kier alpha value is -3.25. The number of nitrogens with zero attached hydrogens (tertiary/aromatic N) is 1. The number of aliphatic hydroxyl groups excluding tert-OH is 1. The quantitative estimate of drug-likeness (QED) is 0.236. The first kappa shape index (κ1) is 31.7. The highest BCUT2D eigenvalue weighted by Gasteiger charge is 2.70. The van der Waals surface area contributed by atoms with Gasteiger partial charge in [-0.25, -0.2) is 9.59 Å². The number of esters is 2. The van der Waals surface area contributed by atoms with Crippen molar-refractivity contribution in [1.29, 1.82) is 0 Å². The van der Waals surface area contributed by atoms with Crippen LogP contribution in [0.15, 0.2) is 64.1 Å². The maximum absolute atomic E-state index is 13.8. The molecule has 2 unspecified atom stereocenters. The second kappa shape index (κ2) is 11.5. The topological polar surface area (TPSA) is 125 Å². The van der Waals surface area contributed by atoms with Crippen molar-refractivity contribution in [1.82, 2.24) is 4.98 Å². The molecule has 0 amide bonds. The number of hydrogen-bond acceptors (Lipinski definition) is 9. The van der Waals surface area contributed by atoms with Gasteiger partial charge in [-0.1, -0.05) is 32.9 Å². The van der Waals surface area contributed by atoms with E-state index in [1.165, 1.54) is 6.92 Å². The number of carbonyl (C=O) groups excluding carboxylic acids is 2. The first-order valence-corrected chi connectivity index (χ1v) is 16.4. The fraction of sp³-hybridized carbons (Fsp3) is 0.486. The van der Waals surface area contributed by atoms with E-state index < -0.39 is 46.2 Å². The lowest BCUT2D eigenvalue weighted by molar-refractivity contribution is -0.257. The summed E-state index contributed by atoms with van der Waals surface area (Å²) >= 11 is 2.11. The van der Waals surface area contributed by atoms with Crippen molar-refractivity contribution in [3.63, 3.8) is 0 Å². The number of rotatable bonds is 5. The van der Waals surface area contributed by atoms with E-state index in [2.05, 4.69) is 48.3 Å². The Morgan fingerprint density at radius 2 is 1.91 bits per heavy atom. The number of fused-ring (bicyclic) bond motifs is 4. The summed E-state index contributed by atoms with van der Waals surface area (Å²) in [4.78, 5) is 43.5. The van der Waals surface area contributed by atoms with E-state index in [0.29, 0.717) is 17.5 Å². The summed E-state index contributed by atoms with van der Waals surface area (Å²) in [6, 6.07) is 12.3. The van der Waals surface area contributed by atoms with Crippen molar-refractivity contribution in [3.8, 4) is 17.1 Å². The Morgan fingerprint density at radius 1 is 1.16 bits per heavy atom. The highest BCUT2D eigenvalue weighted by molar-refractivity contribution is 14.1. The molecule has 1 N–H and O–H groups in total. The van der Waals surface area contributed by atoms with Crippen LogP contribution in [0.2, 0.25) is 0 Å². The van der Waals surface area contributed by atoms with Gasteiger partial charge < -0.3 is 23.7 Å². The van der Waals surface area contributed by atoms with Gasteiger partial charge >= 0.3 is 17.6 Å². The van der Waals surface area contributed by atoms with Crippen molar-refractivity contribution < 1.29 is 33.3 Å². The molecule has 3 heterocycles. The first-order chi connectivity index (χ1) is 21.3. The molecule has 3 aliphatic rings. The SMILES string of the molecule is CC(=O)OC[C@@]1(C)C2C[C@H](OC(=O)c3ccccc3I)[C@@]3(C)Oc4cc(-c5cccnc5)oc(=O)c4[C@H](O)C3[C@@]2(C)CC[C@@H]1C. The number of aliphatic hydroxyl groups is 1. The minimum absolute atomic E-state index is 0.0509. The van der Waals surface area contributed by atoms with Crippen molar-refractivity contribution >= 4 is 34.5 Å². The van der Waals surface area contributed by atoms with Crippen LogP contribution in [-0.2, 0) is 14.3 Å². The molecule has 10 heteroatoms. The van der Waals surface area contributed by atoms with E-state index in [1.807, 2.05) is 19.1 Å². The molecule has 2 saturated carbocycles.